The van der Waals surface area contributed by atoms with E-state index in [-0.39, 0.29) is 24.0 Å². The second-order valence-electron chi connectivity index (χ2n) is 8.94. The minimum atomic E-state index is 0. The van der Waals surface area contributed by atoms with Crippen molar-refractivity contribution in [2.24, 2.45) is 16.3 Å². The quantitative estimate of drug-likeness (QED) is 0.383. The molecule has 28 heavy (non-hydrogen) atoms. The van der Waals surface area contributed by atoms with Crippen LogP contribution < -0.4 is 15.5 Å². The first-order valence-electron chi connectivity index (χ1n) is 10.6. The standard InChI is InChI=1S/C22H32N4O.HI/c1-15-4-6-17(7-5-15)26-12-8-16(14-26)24-21(23-2)25-19-18-9-13-27-20(18)22(19)10-3-11-22;/h4-7,16,18-20H,3,8-14H2,1-2H3,(H2,23,24,25);1H. The van der Waals surface area contributed by atoms with Crippen LogP contribution in [0.25, 0.3) is 0 Å². The Morgan fingerprint density at radius 3 is 2.64 bits per heavy atom. The maximum absolute atomic E-state index is 6.05. The minimum absolute atomic E-state index is 0. The fourth-order valence-electron chi connectivity index (χ4n) is 5.84. The van der Waals surface area contributed by atoms with Gasteiger partial charge in [0.1, 0.15) is 0 Å². The van der Waals surface area contributed by atoms with E-state index in [1.54, 1.807) is 0 Å². The van der Waals surface area contributed by atoms with Gasteiger partial charge in [0.15, 0.2) is 5.96 Å². The van der Waals surface area contributed by atoms with Crippen molar-refractivity contribution in [3.8, 4) is 0 Å². The van der Waals surface area contributed by atoms with Gasteiger partial charge in [-0.1, -0.05) is 24.1 Å². The monoisotopic (exact) mass is 496 g/mol. The molecule has 4 fully saturated rings. The first kappa shape index (κ1) is 20.3. The summed E-state index contributed by atoms with van der Waals surface area (Å²) in [4.78, 5) is 7.03. The van der Waals surface area contributed by atoms with Gasteiger partial charge in [-0.2, -0.15) is 0 Å². The fourth-order valence-corrected chi connectivity index (χ4v) is 5.84. The summed E-state index contributed by atoms with van der Waals surface area (Å²) < 4.78 is 6.05. The van der Waals surface area contributed by atoms with Crippen LogP contribution in [0.3, 0.4) is 0 Å². The van der Waals surface area contributed by atoms with E-state index in [2.05, 4.69) is 51.7 Å². The predicted octanol–water partition coefficient (Wildman–Crippen LogP) is 3.31. The molecule has 0 radical (unpaired) electrons. The number of rotatable bonds is 3. The third kappa shape index (κ3) is 3.30. The number of anilines is 1. The molecular formula is C22H33IN4O. The molecule has 6 heteroatoms. The van der Waals surface area contributed by atoms with Gasteiger partial charge in [0, 0.05) is 55.8 Å². The number of aryl methyl sites for hydroxylation is 1. The Hall–Kier alpha value is -1.02. The number of ether oxygens (including phenoxy) is 1. The molecule has 4 unspecified atom stereocenters. The lowest BCUT2D eigenvalue weighted by Gasteiger charge is -2.63. The molecule has 1 aromatic rings. The van der Waals surface area contributed by atoms with E-state index in [1.165, 1.54) is 36.9 Å². The van der Waals surface area contributed by atoms with Crippen molar-refractivity contribution < 1.29 is 4.74 Å². The number of aliphatic imine (C=N–C) groups is 1. The topological polar surface area (TPSA) is 48.9 Å². The highest BCUT2D eigenvalue weighted by atomic mass is 127. The molecule has 0 amide bonds. The van der Waals surface area contributed by atoms with Gasteiger partial charge in [0.2, 0.25) is 0 Å². The van der Waals surface area contributed by atoms with Crippen molar-refractivity contribution in [2.75, 3.05) is 31.6 Å². The summed E-state index contributed by atoms with van der Waals surface area (Å²) in [5.74, 6) is 1.66. The van der Waals surface area contributed by atoms with Crippen LogP contribution in [0.2, 0.25) is 0 Å². The molecule has 154 valence electrons. The summed E-state index contributed by atoms with van der Waals surface area (Å²) in [5.41, 5.74) is 3.03. The van der Waals surface area contributed by atoms with Crippen LogP contribution in [0.4, 0.5) is 5.69 Å². The summed E-state index contributed by atoms with van der Waals surface area (Å²) in [6, 6.07) is 9.86. The number of hydrogen-bond acceptors (Lipinski definition) is 3. The summed E-state index contributed by atoms with van der Waals surface area (Å²) in [7, 11) is 1.90. The van der Waals surface area contributed by atoms with Gasteiger partial charge in [-0.05, 0) is 44.7 Å². The van der Waals surface area contributed by atoms with E-state index in [0.717, 1.165) is 32.1 Å². The molecule has 5 rings (SSSR count). The molecule has 0 aromatic heterocycles. The van der Waals surface area contributed by atoms with Crippen LogP contribution in [0.1, 0.15) is 37.7 Å². The van der Waals surface area contributed by atoms with E-state index < -0.39 is 0 Å². The Bertz CT molecular complexity index is 718. The summed E-state index contributed by atoms with van der Waals surface area (Å²) in [6.07, 6.45) is 6.84. The Labute approximate surface area is 185 Å². The molecular weight excluding hydrogens is 463 g/mol. The molecule has 2 saturated heterocycles. The zero-order chi connectivity index (χ0) is 18.4. The molecule has 2 N–H and O–H groups in total. The van der Waals surface area contributed by atoms with Gasteiger partial charge in [-0.15, -0.1) is 24.0 Å². The second-order valence-corrected chi connectivity index (χ2v) is 8.94. The molecule has 2 heterocycles. The Morgan fingerprint density at radius 2 is 1.96 bits per heavy atom. The van der Waals surface area contributed by atoms with Crippen molar-refractivity contribution in [3.05, 3.63) is 29.8 Å². The van der Waals surface area contributed by atoms with Crippen molar-refractivity contribution in [1.82, 2.24) is 10.6 Å². The van der Waals surface area contributed by atoms with Crippen LogP contribution in [-0.2, 0) is 4.74 Å². The number of guanidine groups is 1. The predicted molar refractivity (Wildman–Crippen MR) is 125 cm³/mol. The number of halogens is 1. The highest BCUT2D eigenvalue weighted by Crippen LogP contribution is 2.62. The number of benzene rings is 1. The SMILES string of the molecule is CN=C(NC1CCN(c2ccc(C)cc2)C1)NC1C2CCOC2C12CCC2.I. The van der Waals surface area contributed by atoms with Crippen molar-refractivity contribution in [1.29, 1.82) is 0 Å². The summed E-state index contributed by atoms with van der Waals surface area (Å²) >= 11 is 0. The summed E-state index contributed by atoms with van der Waals surface area (Å²) in [6.45, 7) is 5.22. The van der Waals surface area contributed by atoms with Gasteiger partial charge in [-0.25, -0.2) is 0 Å². The van der Waals surface area contributed by atoms with Crippen LogP contribution in [0.15, 0.2) is 29.3 Å². The number of fused-ring (bicyclic) bond motifs is 2. The third-order valence-corrected chi connectivity index (χ3v) is 7.48. The van der Waals surface area contributed by atoms with E-state index in [1.807, 2.05) is 7.05 Å². The normalized spacial score (nSPS) is 32.9. The smallest absolute Gasteiger partial charge is 0.191 e. The summed E-state index contributed by atoms with van der Waals surface area (Å²) in [5, 5.41) is 7.49. The third-order valence-electron chi connectivity index (χ3n) is 7.48. The van der Waals surface area contributed by atoms with E-state index in [0.29, 0.717) is 29.5 Å². The lowest BCUT2D eigenvalue weighted by molar-refractivity contribution is -0.171. The molecule has 4 atom stereocenters. The zero-order valence-electron chi connectivity index (χ0n) is 17.0. The second kappa shape index (κ2) is 8.01. The average Bonchev–Trinajstić information content (AvgIpc) is 3.26. The van der Waals surface area contributed by atoms with E-state index in [4.69, 9.17) is 4.74 Å². The van der Waals surface area contributed by atoms with Crippen LogP contribution in [-0.4, -0.2) is 50.9 Å². The van der Waals surface area contributed by atoms with Gasteiger partial charge in [0.05, 0.1) is 6.10 Å². The van der Waals surface area contributed by atoms with Crippen molar-refractivity contribution >= 4 is 35.6 Å². The highest BCUT2D eigenvalue weighted by molar-refractivity contribution is 14.0. The van der Waals surface area contributed by atoms with Gasteiger partial charge < -0.3 is 20.3 Å². The minimum Gasteiger partial charge on any atom is -0.377 e. The Kier molecular flexibility index (Phi) is 5.80. The first-order valence-corrected chi connectivity index (χ1v) is 10.6. The fraction of sp³-hybridized carbons (Fsp3) is 0.682. The molecule has 2 aliphatic carbocycles. The number of nitrogens with zero attached hydrogens (tertiary/aromatic N) is 2. The largest absolute Gasteiger partial charge is 0.377 e. The highest BCUT2D eigenvalue weighted by Gasteiger charge is 2.66. The van der Waals surface area contributed by atoms with E-state index in [9.17, 15) is 0 Å². The number of nitrogens with one attached hydrogen (secondary N) is 2. The van der Waals surface area contributed by atoms with Crippen molar-refractivity contribution in [2.45, 2.75) is 57.2 Å². The lowest BCUT2D eigenvalue weighted by Crippen LogP contribution is -2.72. The molecule has 4 aliphatic rings. The van der Waals surface area contributed by atoms with Gasteiger partial charge in [-0.3, -0.25) is 4.99 Å². The van der Waals surface area contributed by atoms with Gasteiger partial charge >= 0.3 is 0 Å². The van der Waals surface area contributed by atoms with Crippen LogP contribution in [0.5, 0.6) is 0 Å². The Morgan fingerprint density at radius 1 is 1.18 bits per heavy atom. The molecule has 2 aliphatic heterocycles. The van der Waals surface area contributed by atoms with Crippen LogP contribution >= 0.6 is 24.0 Å². The molecule has 5 nitrogen and oxygen atoms in total. The molecule has 1 aromatic carbocycles. The average molecular weight is 496 g/mol. The maximum atomic E-state index is 6.05. The molecule has 1 spiro atoms. The van der Waals surface area contributed by atoms with E-state index >= 15 is 0 Å². The lowest BCUT2D eigenvalue weighted by atomic mass is 9.46. The molecule has 2 saturated carbocycles. The van der Waals surface area contributed by atoms with Gasteiger partial charge in [0.25, 0.3) is 0 Å². The first-order chi connectivity index (χ1) is 13.2. The Balaban J connectivity index is 0.00000192. The van der Waals surface area contributed by atoms with Crippen LogP contribution in [0, 0.1) is 18.3 Å². The molecule has 0 bridgehead atoms. The zero-order valence-corrected chi connectivity index (χ0v) is 19.3. The maximum Gasteiger partial charge on any atom is 0.191 e. The number of hydrogen-bond donors (Lipinski definition) is 2. The van der Waals surface area contributed by atoms with Crippen molar-refractivity contribution in [3.63, 3.8) is 0 Å².